The quantitative estimate of drug-likeness (QED) is 0.170. The van der Waals surface area contributed by atoms with E-state index < -0.39 is 11.4 Å². The zero-order valence-electron chi connectivity index (χ0n) is 19.1. The lowest BCUT2D eigenvalue weighted by atomic mass is 9.68. The van der Waals surface area contributed by atoms with Crippen LogP contribution in [0.3, 0.4) is 0 Å². The second kappa shape index (κ2) is 8.56. The van der Waals surface area contributed by atoms with Crippen molar-refractivity contribution >= 4 is 5.97 Å². The summed E-state index contributed by atoms with van der Waals surface area (Å²) in [5.41, 5.74) is 6.81. The smallest absolute Gasteiger partial charge is 0.381 e. The van der Waals surface area contributed by atoms with Gasteiger partial charge in [0.05, 0.1) is 12.5 Å². The van der Waals surface area contributed by atoms with E-state index >= 15 is 0 Å². The molecule has 0 spiro atoms. The lowest BCUT2D eigenvalue weighted by Crippen LogP contribution is -2.28. The lowest BCUT2D eigenvalue weighted by Gasteiger charge is -2.34. The first-order valence-electron chi connectivity index (χ1n) is 11.0. The number of hydrogen-bond donors (Lipinski definition) is 0. The van der Waals surface area contributed by atoms with E-state index in [-0.39, 0.29) is 5.57 Å². The predicted molar refractivity (Wildman–Crippen MR) is 132 cm³/mol. The Morgan fingerprint density at radius 3 is 1.65 bits per heavy atom. The molecule has 0 unspecified atom stereocenters. The normalized spacial score (nSPS) is 12.9. The summed E-state index contributed by atoms with van der Waals surface area (Å²) in [6, 6.07) is 33.0. The summed E-state index contributed by atoms with van der Waals surface area (Å²) in [4.78, 5) is 21.8. The molecule has 1 aliphatic rings. The van der Waals surface area contributed by atoms with Crippen molar-refractivity contribution in [1.29, 1.82) is 0 Å². The molecule has 0 amide bonds. The summed E-state index contributed by atoms with van der Waals surface area (Å²) in [5, 5.41) is 0. The summed E-state index contributed by atoms with van der Waals surface area (Å²) in [5.74, 6) is 0.641. The maximum absolute atomic E-state index is 11.7. The molecule has 0 N–H and O–H groups in total. The van der Waals surface area contributed by atoms with Crippen molar-refractivity contribution in [2.24, 2.45) is 0 Å². The van der Waals surface area contributed by atoms with Gasteiger partial charge in [-0.05, 0) is 64.6 Å². The van der Waals surface area contributed by atoms with Crippen molar-refractivity contribution < 1.29 is 19.3 Å². The fraction of sp³-hybridized carbons (Fsp3) is 0.100. The van der Waals surface area contributed by atoms with Gasteiger partial charge in [-0.3, -0.25) is 4.89 Å². The van der Waals surface area contributed by atoms with Gasteiger partial charge < -0.3 is 4.74 Å². The molecule has 0 saturated heterocycles. The summed E-state index contributed by atoms with van der Waals surface area (Å²) in [7, 11) is 1.67. The second-order valence-electron chi connectivity index (χ2n) is 8.33. The Hall–Kier alpha value is -4.31. The van der Waals surface area contributed by atoms with E-state index in [0.717, 1.165) is 16.9 Å². The molecule has 0 radical (unpaired) electrons. The topological polar surface area (TPSA) is 44.8 Å². The third kappa shape index (κ3) is 3.35. The van der Waals surface area contributed by atoms with E-state index in [0.29, 0.717) is 5.75 Å². The van der Waals surface area contributed by atoms with Crippen molar-refractivity contribution in [2.75, 3.05) is 7.11 Å². The monoisotopic (exact) mass is 448 g/mol. The number of benzene rings is 4. The number of fused-ring (bicyclic) bond motifs is 3. The van der Waals surface area contributed by atoms with Gasteiger partial charge in [-0.1, -0.05) is 79.4 Å². The highest BCUT2D eigenvalue weighted by atomic mass is 17.2. The number of carbonyl (C=O) groups excluding carboxylic acids is 1. The molecule has 1 aliphatic carbocycles. The molecular formula is C30H24O4. The van der Waals surface area contributed by atoms with Crippen LogP contribution in [0.25, 0.3) is 11.1 Å². The van der Waals surface area contributed by atoms with Crippen LogP contribution in [0.5, 0.6) is 11.5 Å². The minimum atomic E-state index is -0.600. The standard InChI is InChI=1S/C30H24O4/c1-20(2)29(31)34-33-24-18-14-22(15-19-24)30(21-12-16-23(32-3)17-13-21)27-10-6-4-8-25(27)26-9-5-7-11-28(26)30/h4-19H,1H2,2-3H3. The Kier molecular flexibility index (Phi) is 5.42. The van der Waals surface area contributed by atoms with Crippen LogP contribution in [0.15, 0.2) is 109 Å². The first kappa shape index (κ1) is 21.5. The van der Waals surface area contributed by atoms with E-state index in [1.807, 2.05) is 36.4 Å². The van der Waals surface area contributed by atoms with Gasteiger partial charge in [-0.25, -0.2) is 9.68 Å². The third-order valence-electron chi connectivity index (χ3n) is 6.32. The molecule has 0 fully saturated rings. The lowest BCUT2D eigenvalue weighted by molar-refractivity contribution is -0.208. The fourth-order valence-corrected chi connectivity index (χ4v) is 4.78. The molecule has 0 heterocycles. The van der Waals surface area contributed by atoms with Crippen LogP contribution in [0.2, 0.25) is 0 Å². The van der Waals surface area contributed by atoms with Crippen molar-refractivity contribution in [3.05, 3.63) is 131 Å². The Morgan fingerprint density at radius 1 is 0.706 bits per heavy atom. The van der Waals surface area contributed by atoms with Gasteiger partial charge in [0.2, 0.25) is 0 Å². The molecule has 4 heteroatoms. The number of ether oxygens (including phenoxy) is 1. The van der Waals surface area contributed by atoms with Gasteiger partial charge in [0.15, 0.2) is 5.75 Å². The van der Waals surface area contributed by atoms with Gasteiger partial charge in [0.25, 0.3) is 0 Å². The third-order valence-corrected chi connectivity index (χ3v) is 6.32. The molecule has 0 bridgehead atoms. The molecular weight excluding hydrogens is 424 g/mol. The second-order valence-corrected chi connectivity index (χ2v) is 8.33. The predicted octanol–water partition coefficient (Wildman–Crippen LogP) is 6.47. The molecule has 4 nitrogen and oxygen atoms in total. The minimum Gasteiger partial charge on any atom is -0.497 e. The highest BCUT2D eigenvalue weighted by Gasteiger charge is 2.45. The molecule has 0 saturated carbocycles. The molecule has 4 aromatic carbocycles. The number of carbonyl (C=O) groups is 1. The van der Waals surface area contributed by atoms with Crippen LogP contribution < -0.4 is 9.62 Å². The number of hydrogen-bond acceptors (Lipinski definition) is 4. The summed E-state index contributed by atoms with van der Waals surface area (Å²) in [6.07, 6.45) is 0. The van der Waals surface area contributed by atoms with Crippen molar-refractivity contribution in [3.8, 4) is 22.6 Å². The fourth-order valence-electron chi connectivity index (χ4n) is 4.78. The maximum Gasteiger partial charge on any atom is 0.381 e. The average molecular weight is 449 g/mol. The van der Waals surface area contributed by atoms with E-state index in [1.54, 1.807) is 14.0 Å². The van der Waals surface area contributed by atoms with Crippen LogP contribution >= 0.6 is 0 Å². The molecule has 5 rings (SSSR count). The van der Waals surface area contributed by atoms with Gasteiger partial charge in [0, 0.05) is 5.57 Å². The summed E-state index contributed by atoms with van der Waals surface area (Å²) in [6.45, 7) is 5.14. The highest BCUT2D eigenvalue weighted by Crippen LogP contribution is 2.56. The molecule has 0 aliphatic heterocycles. The molecule has 0 aromatic heterocycles. The first-order chi connectivity index (χ1) is 16.6. The largest absolute Gasteiger partial charge is 0.497 e. The van der Waals surface area contributed by atoms with Crippen LogP contribution in [-0.2, 0) is 15.1 Å². The minimum absolute atomic E-state index is 0.272. The van der Waals surface area contributed by atoms with Crippen LogP contribution in [0, 0.1) is 0 Å². The van der Waals surface area contributed by atoms with Crippen molar-refractivity contribution in [1.82, 2.24) is 0 Å². The average Bonchev–Trinajstić information content (AvgIpc) is 3.19. The molecule has 4 aromatic rings. The zero-order chi connectivity index (χ0) is 23.7. The Bertz CT molecular complexity index is 1320. The number of methoxy groups -OCH3 is 1. The van der Waals surface area contributed by atoms with E-state index in [1.165, 1.54) is 22.3 Å². The Morgan fingerprint density at radius 2 is 1.18 bits per heavy atom. The zero-order valence-corrected chi connectivity index (χ0v) is 19.1. The van der Waals surface area contributed by atoms with Crippen molar-refractivity contribution in [3.63, 3.8) is 0 Å². The summed E-state index contributed by atoms with van der Waals surface area (Å²) >= 11 is 0. The molecule has 34 heavy (non-hydrogen) atoms. The van der Waals surface area contributed by atoms with Crippen molar-refractivity contribution in [2.45, 2.75) is 12.3 Å². The van der Waals surface area contributed by atoms with E-state index in [4.69, 9.17) is 14.5 Å². The first-order valence-corrected chi connectivity index (χ1v) is 11.0. The van der Waals surface area contributed by atoms with E-state index in [9.17, 15) is 4.79 Å². The van der Waals surface area contributed by atoms with Crippen LogP contribution in [-0.4, -0.2) is 13.1 Å². The van der Waals surface area contributed by atoms with Gasteiger partial charge in [0.1, 0.15) is 5.75 Å². The number of rotatable bonds is 6. The summed E-state index contributed by atoms with van der Waals surface area (Å²) < 4.78 is 5.42. The van der Waals surface area contributed by atoms with Gasteiger partial charge in [-0.15, -0.1) is 0 Å². The maximum atomic E-state index is 11.7. The van der Waals surface area contributed by atoms with Crippen LogP contribution in [0.1, 0.15) is 29.2 Å². The van der Waals surface area contributed by atoms with Gasteiger partial charge >= 0.3 is 5.97 Å². The Labute approximate surface area is 199 Å². The van der Waals surface area contributed by atoms with E-state index in [2.05, 4.69) is 67.2 Å². The molecule has 168 valence electrons. The Balaban J connectivity index is 1.68. The van der Waals surface area contributed by atoms with Gasteiger partial charge in [-0.2, -0.15) is 0 Å². The molecule has 0 atom stereocenters. The SMILES string of the molecule is C=C(C)C(=O)OOc1ccc(C2(c3ccc(OC)cc3)c3ccccc3-c3ccccc32)cc1. The highest BCUT2D eigenvalue weighted by molar-refractivity contribution is 5.87. The van der Waals surface area contributed by atoms with Crippen LogP contribution in [0.4, 0.5) is 0 Å².